The zero-order valence-corrected chi connectivity index (χ0v) is 13.3. The molecule has 1 rings (SSSR count). The van der Waals surface area contributed by atoms with E-state index in [-0.39, 0.29) is 0 Å². The van der Waals surface area contributed by atoms with Crippen molar-refractivity contribution in [2.45, 2.75) is 75.5 Å². The molecule has 1 saturated heterocycles. The molecule has 0 aromatic rings. The molecule has 1 unspecified atom stereocenters. The molecule has 134 valence electrons. The molecule has 0 spiro atoms. The molecule has 0 aliphatic carbocycles. The van der Waals surface area contributed by atoms with Gasteiger partial charge in [-0.25, -0.2) is 4.79 Å². The molecule has 1 aliphatic rings. The van der Waals surface area contributed by atoms with Crippen LogP contribution in [-0.2, 0) is 9.53 Å². The zero-order valence-electron chi connectivity index (χ0n) is 13.3. The first-order valence-electron chi connectivity index (χ1n) is 8.17. The van der Waals surface area contributed by atoms with Crippen molar-refractivity contribution in [3.63, 3.8) is 0 Å². The van der Waals surface area contributed by atoms with Crippen LogP contribution in [0.15, 0.2) is 12.2 Å². The molecule has 7 heteroatoms. The molecule has 0 bridgehead atoms. The average molecular weight is 332 g/mol. The summed E-state index contributed by atoms with van der Waals surface area (Å²) in [7, 11) is 0. The van der Waals surface area contributed by atoms with Crippen molar-refractivity contribution < 1.29 is 35.1 Å². The van der Waals surface area contributed by atoms with E-state index >= 15 is 0 Å². The van der Waals surface area contributed by atoms with Gasteiger partial charge < -0.3 is 30.3 Å². The third-order valence-electron chi connectivity index (χ3n) is 4.11. The minimum absolute atomic E-state index is 0.398. The topological polar surface area (TPSA) is 127 Å². The molecule has 1 aliphatic heterocycles. The predicted molar refractivity (Wildman–Crippen MR) is 82.9 cm³/mol. The van der Waals surface area contributed by atoms with Gasteiger partial charge in [-0.2, -0.15) is 0 Å². The number of hydrogen-bond acceptors (Lipinski definition) is 6. The maximum atomic E-state index is 10.3. The molecule has 0 aromatic heterocycles. The third kappa shape index (κ3) is 6.97. The number of carboxylic acid groups (broad SMARTS) is 1. The highest BCUT2D eigenvalue weighted by Gasteiger charge is 2.42. The summed E-state index contributed by atoms with van der Waals surface area (Å²) in [5, 5.41) is 46.8. The monoisotopic (exact) mass is 332 g/mol. The van der Waals surface area contributed by atoms with Crippen LogP contribution in [0.25, 0.3) is 0 Å². The zero-order chi connectivity index (χ0) is 17.2. The molecule has 0 amide bonds. The van der Waals surface area contributed by atoms with Crippen LogP contribution >= 0.6 is 0 Å². The summed E-state index contributed by atoms with van der Waals surface area (Å²) in [5.74, 6) is -0.926. The molecule has 0 saturated carbocycles. The van der Waals surface area contributed by atoms with Gasteiger partial charge in [-0.3, -0.25) is 0 Å². The van der Waals surface area contributed by atoms with Crippen LogP contribution in [0.5, 0.6) is 0 Å². The first kappa shape index (κ1) is 20.1. The van der Waals surface area contributed by atoms with Gasteiger partial charge in [0, 0.05) is 6.08 Å². The molecule has 0 radical (unpaired) electrons. The minimum Gasteiger partial charge on any atom is -0.478 e. The van der Waals surface area contributed by atoms with Gasteiger partial charge >= 0.3 is 5.97 Å². The summed E-state index contributed by atoms with van der Waals surface area (Å²) in [6.45, 7) is -0.398. The summed E-state index contributed by atoms with van der Waals surface area (Å²) in [5.41, 5.74) is 0. The van der Waals surface area contributed by atoms with Crippen LogP contribution in [0, 0.1) is 0 Å². The van der Waals surface area contributed by atoms with E-state index in [0.29, 0.717) is 6.42 Å². The molecular weight excluding hydrogens is 304 g/mol. The van der Waals surface area contributed by atoms with Crippen LogP contribution in [-0.4, -0.2) is 68.6 Å². The first-order valence-corrected chi connectivity index (χ1v) is 8.17. The number of carbonyl (C=O) groups is 1. The lowest BCUT2D eigenvalue weighted by molar-refractivity contribution is -0.230. The number of aliphatic carboxylic acids is 1. The highest BCUT2D eigenvalue weighted by atomic mass is 16.5. The van der Waals surface area contributed by atoms with E-state index in [1.807, 2.05) is 0 Å². The maximum Gasteiger partial charge on any atom is 0.327 e. The van der Waals surface area contributed by atoms with E-state index in [0.717, 1.165) is 44.6 Å². The first-order chi connectivity index (χ1) is 11.0. The van der Waals surface area contributed by atoms with Gasteiger partial charge in [-0.05, 0) is 19.3 Å². The normalized spacial score (nSPS) is 31.6. The van der Waals surface area contributed by atoms with Crippen molar-refractivity contribution in [3.8, 4) is 0 Å². The standard InChI is InChI=1S/C16H28O7/c17-10-12-15(21)16(22)14(20)11(23-12)8-6-4-2-1-3-5-7-9-13(18)19/h7,9,11-12,14-17,20-22H,1-6,8,10H2,(H,18,19)/t11?,12-,14-,15-,16-/m1/s1. The third-order valence-corrected chi connectivity index (χ3v) is 4.11. The number of allylic oxidation sites excluding steroid dienone is 1. The highest BCUT2D eigenvalue weighted by molar-refractivity contribution is 5.79. The van der Waals surface area contributed by atoms with Crippen LogP contribution < -0.4 is 0 Å². The Balaban J connectivity index is 2.14. The summed E-state index contributed by atoms with van der Waals surface area (Å²) in [4.78, 5) is 10.3. The van der Waals surface area contributed by atoms with E-state index in [1.54, 1.807) is 6.08 Å². The number of aliphatic hydroxyl groups is 4. The largest absolute Gasteiger partial charge is 0.478 e. The van der Waals surface area contributed by atoms with Crippen LogP contribution in [0.4, 0.5) is 0 Å². The second-order valence-electron chi connectivity index (χ2n) is 5.95. The van der Waals surface area contributed by atoms with Crippen molar-refractivity contribution in [2.24, 2.45) is 0 Å². The van der Waals surface area contributed by atoms with E-state index in [2.05, 4.69) is 0 Å². The second-order valence-corrected chi connectivity index (χ2v) is 5.95. The molecule has 7 nitrogen and oxygen atoms in total. The van der Waals surface area contributed by atoms with E-state index in [1.165, 1.54) is 0 Å². The fourth-order valence-electron chi connectivity index (χ4n) is 2.74. The van der Waals surface area contributed by atoms with E-state index in [4.69, 9.17) is 14.9 Å². The number of rotatable bonds is 10. The van der Waals surface area contributed by atoms with Crippen LogP contribution in [0.2, 0.25) is 0 Å². The van der Waals surface area contributed by atoms with Crippen molar-refractivity contribution >= 4 is 5.97 Å². The summed E-state index contributed by atoms with van der Waals surface area (Å²) in [6.07, 6.45) is 3.63. The SMILES string of the molecule is O=C(O)C=CCCCCCCCC1O[C@H](CO)[C@@H](O)[C@H](O)[C@@H]1O. The molecular formula is C16H28O7. The molecule has 5 N–H and O–H groups in total. The Labute approximate surface area is 136 Å². The van der Waals surface area contributed by atoms with Gasteiger partial charge in [0.15, 0.2) is 0 Å². The Morgan fingerprint density at radius 3 is 2.17 bits per heavy atom. The van der Waals surface area contributed by atoms with Gasteiger partial charge in [-0.15, -0.1) is 0 Å². The van der Waals surface area contributed by atoms with Gasteiger partial charge in [0.05, 0.1) is 12.7 Å². The Morgan fingerprint density at radius 1 is 0.913 bits per heavy atom. The Bertz CT molecular complexity index is 369. The predicted octanol–water partition coefficient (Wildman–Crippen LogP) is 0.200. The minimum atomic E-state index is -1.30. The highest BCUT2D eigenvalue weighted by Crippen LogP contribution is 2.24. The van der Waals surface area contributed by atoms with Crippen molar-refractivity contribution in [2.75, 3.05) is 6.61 Å². The molecule has 23 heavy (non-hydrogen) atoms. The van der Waals surface area contributed by atoms with Gasteiger partial charge in [0.1, 0.15) is 24.4 Å². The fraction of sp³-hybridized carbons (Fsp3) is 0.812. The number of unbranched alkanes of at least 4 members (excludes halogenated alkanes) is 5. The number of ether oxygens (including phenoxy) is 1. The Hall–Kier alpha value is -0.990. The van der Waals surface area contributed by atoms with E-state index in [9.17, 15) is 20.1 Å². The maximum absolute atomic E-state index is 10.3. The van der Waals surface area contributed by atoms with Gasteiger partial charge in [-0.1, -0.05) is 31.8 Å². The van der Waals surface area contributed by atoms with Crippen LogP contribution in [0.1, 0.15) is 44.9 Å². The molecule has 0 aromatic carbocycles. The molecule has 1 heterocycles. The number of carboxylic acids is 1. The lowest BCUT2D eigenvalue weighted by atomic mass is 9.92. The number of hydrogen-bond donors (Lipinski definition) is 5. The molecule has 1 fully saturated rings. The quantitative estimate of drug-likeness (QED) is 0.286. The van der Waals surface area contributed by atoms with Gasteiger partial charge in [0.2, 0.25) is 0 Å². The summed E-state index contributed by atoms with van der Waals surface area (Å²) < 4.78 is 5.44. The van der Waals surface area contributed by atoms with E-state index < -0.39 is 43.1 Å². The molecule has 5 atom stereocenters. The van der Waals surface area contributed by atoms with Crippen LogP contribution in [0.3, 0.4) is 0 Å². The lowest BCUT2D eigenvalue weighted by Gasteiger charge is -2.40. The fourth-order valence-corrected chi connectivity index (χ4v) is 2.74. The average Bonchev–Trinajstić information content (AvgIpc) is 2.52. The Kier molecular flexibility index (Phi) is 9.35. The smallest absolute Gasteiger partial charge is 0.327 e. The number of aliphatic hydroxyl groups excluding tert-OH is 4. The second kappa shape index (κ2) is 10.7. The van der Waals surface area contributed by atoms with Crippen molar-refractivity contribution in [3.05, 3.63) is 12.2 Å². The van der Waals surface area contributed by atoms with Crippen molar-refractivity contribution in [1.29, 1.82) is 0 Å². The van der Waals surface area contributed by atoms with Gasteiger partial charge in [0.25, 0.3) is 0 Å². The van der Waals surface area contributed by atoms with Crippen molar-refractivity contribution in [1.82, 2.24) is 0 Å². The lowest BCUT2D eigenvalue weighted by Crippen LogP contribution is -2.58. The summed E-state index contributed by atoms with van der Waals surface area (Å²) in [6, 6.07) is 0. The summed E-state index contributed by atoms with van der Waals surface area (Å²) >= 11 is 0. The Morgan fingerprint density at radius 2 is 1.52 bits per heavy atom.